The zero-order valence-corrected chi connectivity index (χ0v) is 10.0. The highest BCUT2D eigenvalue weighted by molar-refractivity contribution is 5.92. The summed E-state index contributed by atoms with van der Waals surface area (Å²) in [4.78, 5) is 30.9. The molecule has 0 saturated heterocycles. The third kappa shape index (κ3) is 3.15. The molecule has 0 aliphatic rings. The summed E-state index contributed by atoms with van der Waals surface area (Å²) in [5.41, 5.74) is -2.22. The van der Waals surface area contributed by atoms with Crippen LogP contribution < -0.4 is 0 Å². The number of hydrogen-bond acceptors (Lipinski definition) is 7. The molecule has 0 fully saturated rings. The smallest absolute Gasteiger partial charge is 0.338 e. The van der Waals surface area contributed by atoms with Crippen molar-refractivity contribution in [3.05, 3.63) is 37.9 Å². The molecule has 0 bridgehead atoms. The molecule has 9 nitrogen and oxygen atoms in total. The van der Waals surface area contributed by atoms with Crippen LogP contribution in [0.15, 0.2) is 12.1 Å². The van der Waals surface area contributed by atoms with Gasteiger partial charge in [-0.15, -0.1) is 0 Å². The lowest BCUT2D eigenvalue weighted by Gasteiger charge is -2.08. The summed E-state index contributed by atoms with van der Waals surface area (Å²) in [6.07, 6.45) is -0.487. The molecule has 0 saturated carbocycles. The van der Waals surface area contributed by atoms with Crippen molar-refractivity contribution in [2.24, 2.45) is 0 Å². The van der Waals surface area contributed by atoms with Crippen LogP contribution in [0.25, 0.3) is 0 Å². The van der Waals surface area contributed by atoms with Crippen LogP contribution in [0, 0.1) is 20.2 Å². The third-order valence-corrected chi connectivity index (χ3v) is 2.04. The molecule has 0 atom stereocenters. The van der Waals surface area contributed by atoms with E-state index in [0.29, 0.717) is 0 Å². The van der Waals surface area contributed by atoms with E-state index in [1.807, 2.05) is 0 Å². The molecule has 0 aromatic heterocycles. The van der Waals surface area contributed by atoms with E-state index in [1.165, 1.54) is 0 Å². The van der Waals surface area contributed by atoms with Crippen molar-refractivity contribution in [3.63, 3.8) is 0 Å². The number of carbonyl (C=O) groups excluding carboxylic acids is 1. The summed E-state index contributed by atoms with van der Waals surface area (Å²) in [6, 6.07) is 1.46. The van der Waals surface area contributed by atoms with Crippen LogP contribution >= 0.6 is 0 Å². The number of rotatable bonds is 4. The molecule has 0 aliphatic carbocycles. The van der Waals surface area contributed by atoms with E-state index in [1.54, 1.807) is 13.8 Å². The van der Waals surface area contributed by atoms with Gasteiger partial charge in [-0.1, -0.05) is 0 Å². The number of phenolic OH excluding ortho intramolecular Hbond substituents is 1. The van der Waals surface area contributed by atoms with Gasteiger partial charge in [-0.2, -0.15) is 0 Å². The third-order valence-electron chi connectivity index (χ3n) is 2.04. The van der Waals surface area contributed by atoms with Gasteiger partial charge < -0.3 is 9.84 Å². The van der Waals surface area contributed by atoms with E-state index in [9.17, 15) is 30.1 Å². The molecule has 0 spiro atoms. The predicted octanol–water partition coefficient (Wildman–Crippen LogP) is 1.77. The standard InChI is InChI=1S/C10H10N2O7/c1-5(2)19-10(14)6-3-7(11(15)16)9(13)8(4-6)12(17)18/h3-5,13H,1-2H3. The minimum atomic E-state index is -1.10. The second-order valence-corrected chi connectivity index (χ2v) is 3.83. The van der Waals surface area contributed by atoms with E-state index < -0.39 is 39.0 Å². The maximum Gasteiger partial charge on any atom is 0.338 e. The Labute approximate surface area is 106 Å². The van der Waals surface area contributed by atoms with E-state index in [2.05, 4.69) is 0 Å². The van der Waals surface area contributed by atoms with Crippen molar-refractivity contribution in [1.29, 1.82) is 0 Å². The monoisotopic (exact) mass is 270 g/mol. The summed E-state index contributed by atoms with van der Waals surface area (Å²) >= 11 is 0. The van der Waals surface area contributed by atoms with Gasteiger partial charge in [0.1, 0.15) is 0 Å². The fraction of sp³-hybridized carbons (Fsp3) is 0.300. The number of ether oxygens (including phenoxy) is 1. The average molecular weight is 270 g/mol. The first-order chi connectivity index (χ1) is 8.73. The van der Waals surface area contributed by atoms with Gasteiger partial charge >= 0.3 is 17.3 Å². The highest BCUT2D eigenvalue weighted by atomic mass is 16.6. The fourth-order valence-electron chi connectivity index (χ4n) is 1.28. The lowest BCUT2D eigenvalue weighted by atomic mass is 10.1. The topological polar surface area (TPSA) is 133 Å². The molecule has 1 aromatic rings. The van der Waals surface area contributed by atoms with E-state index in [4.69, 9.17) is 4.74 Å². The number of carbonyl (C=O) groups is 1. The molecule has 1 N–H and O–H groups in total. The number of nitro groups is 2. The first-order valence-electron chi connectivity index (χ1n) is 5.10. The lowest BCUT2D eigenvalue weighted by Crippen LogP contribution is -2.12. The van der Waals surface area contributed by atoms with Crippen LogP contribution in [-0.2, 0) is 4.74 Å². The van der Waals surface area contributed by atoms with Crippen LogP contribution in [-0.4, -0.2) is 27.0 Å². The fourth-order valence-corrected chi connectivity index (χ4v) is 1.28. The largest absolute Gasteiger partial charge is 0.497 e. The van der Waals surface area contributed by atoms with E-state index in [-0.39, 0.29) is 5.56 Å². The minimum absolute atomic E-state index is 0.370. The van der Waals surface area contributed by atoms with Crippen molar-refractivity contribution < 1.29 is 24.5 Å². The van der Waals surface area contributed by atoms with Gasteiger partial charge in [0, 0.05) is 12.1 Å². The Kier molecular flexibility index (Phi) is 4.00. The number of hydrogen-bond donors (Lipinski definition) is 1. The van der Waals surface area contributed by atoms with E-state index in [0.717, 1.165) is 12.1 Å². The normalized spacial score (nSPS) is 10.3. The molecule has 0 radical (unpaired) electrons. The lowest BCUT2D eigenvalue weighted by molar-refractivity contribution is -0.396. The van der Waals surface area contributed by atoms with Gasteiger partial charge in [0.05, 0.1) is 21.5 Å². The molecule has 0 amide bonds. The molecule has 1 rings (SSSR count). The Hall–Kier alpha value is -2.71. The van der Waals surface area contributed by atoms with Crippen molar-refractivity contribution in [2.45, 2.75) is 20.0 Å². The van der Waals surface area contributed by atoms with Gasteiger partial charge in [-0.3, -0.25) is 20.2 Å². The maximum atomic E-state index is 11.6. The summed E-state index contributed by atoms with van der Waals surface area (Å²) in [7, 11) is 0. The first kappa shape index (κ1) is 14.4. The first-order valence-corrected chi connectivity index (χ1v) is 5.10. The van der Waals surface area contributed by atoms with Gasteiger partial charge in [0.2, 0.25) is 0 Å². The van der Waals surface area contributed by atoms with Gasteiger partial charge in [-0.05, 0) is 13.8 Å². The molecule has 19 heavy (non-hydrogen) atoms. The zero-order valence-electron chi connectivity index (χ0n) is 10.0. The quantitative estimate of drug-likeness (QED) is 0.500. The van der Waals surface area contributed by atoms with Crippen molar-refractivity contribution >= 4 is 17.3 Å². The van der Waals surface area contributed by atoms with Gasteiger partial charge in [0.15, 0.2) is 0 Å². The molecule has 0 unspecified atom stereocenters. The zero-order chi connectivity index (χ0) is 14.7. The summed E-state index contributed by atoms with van der Waals surface area (Å²) < 4.78 is 4.78. The molecular formula is C10H10N2O7. The molecule has 0 aliphatic heterocycles. The molecule has 102 valence electrons. The molecule has 9 heteroatoms. The molecule has 0 heterocycles. The van der Waals surface area contributed by atoms with E-state index >= 15 is 0 Å². The van der Waals surface area contributed by atoms with Crippen molar-refractivity contribution in [1.82, 2.24) is 0 Å². The Bertz CT molecular complexity index is 518. The Morgan fingerprint density at radius 1 is 1.21 bits per heavy atom. The minimum Gasteiger partial charge on any atom is -0.497 e. The van der Waals surface area contributed by atoms with Crippen LogP contribution in [0.5, 0.6) is 5.75 Å². The number of benzene rings is 1. The Balaban J connectivity index is 3.38. The maximum absolute atomic E-state index is 11.6. The number of phenols is 1. The van der Waals surface area contributed by atoms with Crippen LogP contribution in [0.3, 0.4) is 0 Å². The highest BCUT2D eigenvalue weighted by Gasteiger charge is 2.28. The number of esters is 1. The number of aromatic hydroxyl groups is 1. The Morgan fingerprint density at radius 3 is 1.95 bits per heavy atom. The summed E-state index contributed by atoms with van der Waals surface area (Å²) in [6.45, 7) is 3.11. The van der Waals surface area contributed by atoms with Gasteiger partial charge in [-0.25, -0.2) is 4.79 Å². The second-order valence-electron chi connectivity index (χ2n) is 3.83. The van der Waals surface area contributed by atoms with Crippen LogP contribution in [0.1, 0.15) is 24.2 Å². The van der Waals surface area contributed by atoms with Gasteiger partial charge in [0.25, 0.3) is 5.75 Å². The summed E-state index contributed by atoms with van der Waals surface area (Å²) in [5, 5.41) is 30.7. The predicted molar refractivity (Wildman–Crippen MR) is 62.0 cm³/mol. The molecule has 1 aromatic carbocycles. The van der Waals surface area contributed by atoms with Crippen LogP contribution in [0.4, 0.5) is 11.4 Å². The van der Waals surface area contributed by atoms with Crippen molar-refractivity contribution in [2.75, 3.05) is 0 Å². The SMILES string of the molecule is CC(C)OC(=O)c1cc([N+](=O)[O-])c(O)c([N+](=O)[O-])c1. The Morgan fingerprint density at radius 2 is 1.63 bits per heavy atom. The average Bonchev–Trinajstić information content (AvgIpc) is 2.27. The van der Waals surface area contributed by atoms with Crippen molar-refractivity contribution in [3.8, 4) is 5.75 Å². The second kappa shape index (κ2) is 5.29. The summed E-state index contributed by atoms with van der Waals surface area (Å²) in [5.74, 6) is -2.04. The highest BCUT2D eigenvalue weighted by Crippen LogP contribution is 2.36. The number of nitrogens with zero attached hydrogens (tertiary/aromatic N) is 2. The van der Waals surface area contributed by atoms with Crippen LogP contribution in [0.2, 0.25) is 0 Å². The number of nitro benzene ring substituents is 2. The molecular weight excluding hydrogens is 260 g/mol.